The Kier molecular flexibility index (Phi) is 84.0. The molecule has 6 radical (unpaired) electrons. The van der Waals surface area contributed by atoms with Crippen molar-refractivity contribution in [2.45, 2.75) is 0 Å². The van der Waals surface area contributed by atoms with Crippen molar-refractivity contribution in [2.24, 2.45) is 0 Å². The molecule has 0 aliphatic carbocycles. The molecule has 0 spiro atoms. The quantitative estimate of drug-likeness (QED) is 0.271. The van der Waals surface area contributed by atoms with Crippen molar-refractivity contribution >= 4 is 54.6 Å². The summed E-state index contributed by atoms with van der Waals surface area (Å²) in [6.45, 7) is 0. The van der Waals surface area contributed by atoms with Crippen molar-refractivity contribution in [1.82, 2.24) is 0 Å². The molecule has 0 aromatic rings. The second kappa shape index (κ2) is 22.4. The predicted octanol–water partition coefficient (Wildman–Crippen LogP) is -3.07. The molecule has 2 N–H and O–H groups in total. The summed E-state index contributed by atoms with van der Waals surface area (Å²) in [5.74, 6) is 0. The minimum absolute atomic E-state index is 0. The van der Waals surface area contributed by atoms with Gasteiger partial charge in [0.15, 0.2) is 0 Å². The molecule has 0 amide bonds. The van der Waals surface area contributed by atoms with Gasteiger partial charge in [0.1, 0.15) is 0 Å². The van der Waals surface area contributed by atoms with Crippen molar-refractivity contribution in [1.29, 1.82) is 0 Å². The van der Waals surface area contributed by atoms with Crippen LogP contribution in [0.2, 0.25) is 0 Å². The molecule has 48 valence electrons. The van der Waals surface area contributed by atoms with E-state index in [9.17, 15) is 0 Å². The summed E-state index contributed by atoms with van der Waals surface area (Å²) in [5, 5.41) is 0. The van der Waals surface area contributed by atoms with E-state index in [1.807, 2.05) is 0 Å². The molecule has 0 fully saturated rings. The Morgan fingerprint density at radius 2 is 1.12 bits per heavy atom. The topological polar surface area (TPSA) is 57.5 Å². The van der Waals surface area contributed by atoms with Gasteiger partial charge in [-0.1, -0.05) is 0 Å². The van der Waals surface area contributed by atoms with E-state index >= 15 is 0 Å². The summed E-state index contributed by atoms with van der Waals surface area (Å²) >= 11 is -3.58. The third-order valence-electron chi connectivity index (χ3n) is 0. The Balaban J connectivity index is -0.00000000750. The standard InChI is InChI=1S/Mn.Nb.2H2O.O.2Pb.Ti.4H/h;;2*1H2;;;;;;;;/q;;;;;;;+2;;;;/p-2. The molecule has 0 aliphatic heterocycles. The molecule has 0 aromatic carbocycles. The first kappa shape index (κ1) is 30.0. The van der Waals surface area contributed by atoms with Crippen LogP contribution in [0.4, 0.5) is 0 Å². The van der Waals surface area contributed by atoms with E-state index in [1.165, 1.54) is 0 Å². The maximum atomic E-state index is 8.81. The van der Waals surface area contributed by atoms with Crippen molar-refractivity contribution in [3.8, 4) is 0 Å². The Labute approximate surface area is 121 Å². The Hall–Kier alpha value is 3.54. The van der Waals surface area contributed by atoms with E-state index in [1.54, 1.807) is 0 Å². The summed E-state index contributed by atoms with van der Waals surface area (Å²) in [6.07, 6.45) is 0. The fourth-order valence-corrected chi connectivity index (χ4v) is 0. The zero-order chi connectivity index (χ0) is 3.58. The molecule has 0 rings (SSSR count). The van der Waals surface area contributed by atoms with Gasteiger partial charge in [-0.3, -0.25) is 0 Å². The van der Waals surface area contributed by atoms with Crippen molar-refractivity contribution in [2.75, 3.05) is 0 Å². The third-order valence-corrected chi connectivity index (χ3v) is 0. The van der Waals surface area contributed by atoms with Crippen LogP contribution in [0.5, 0.6) is 0 Å². The van der Waals surface area contributed by atoms with Crippen LogP contribution in [0.15, 0.2) is 0 Å². The van der Waals surface area contributed by atoms with Crippen LogP contribution in [0.25, 0.3) is 0 Å². The fraction of sp³-hybridized carbons (Fsp3) is 0. The van der Waals surface area contributed by atoms with Gasteiger partial charge in [0.25, 0.3) is 0 Å². The van der Waals surface area contributed by atoms with Crippen LogP contribution in [0.1, 0.15) is 0 Å². The van der Waals surface area contributed by atoms with Crippen LogP contribution in [0.3, 0.4) is 0 Å². The van der Waals surface area contributed by atoms with Gasteiger partial charge >= 0.3 is 83.9 Å². The normalized spacial score (nSPS) is 3.25. The second-order valence-corrected chi connectivity index (χ2v) is 1.17. The molecule has 0 aliphatic rings. The van der Waals surface area contributed by atoms with Gasteiger partial charge in [-0.2, -0.15) is 0 Å². The SMILES string of the molecule is [Mn].[Nb].[O]=[Ti]([OH])[OH].[PbH2].[PbH2]. The Morgan fingerprint density at radius 3 is 1.12 bits per heavy atom. The molecular formula is H6MnNbO3Pb2Ti. The van der Waals surface area contributed by atoms with Crippen LogP contribution in [0, 0.1) is 0 Å². The maximum absolute atomic E-state index is 8.81. The molecule has 0 saturated heterocycles. The molecule has 0 aromatic heterocycles. The van der Waals surface area contributed by atoms with E-state index < -0.39 is 18.6 Å². The van der Waals surface area contributed by atoms with Gasteiger partial charge in [-0.15, -0.1) is 0 Å². The first-order chi connectivity index (χ1) is 1.73. The molecule has 0 atom stereocenters. The monoisotopic (exact) mass is 666 g/mol. The summed E-state index contributed by atoms with van der Waals surface area (Å²) in [7, 11) is 0. The molecular weight excluding hydrogens is 658 g/mol. The van der Waals surface area contributed by atoms with Gasteiger partial charge < -0.3 is 0 Å². The average Bonchev–Trinajstić information content (AvgIpc) is 0.811. The average molecular weight is 664 g/mol. The first-order valence-electron chi connectivity index (χ1n) is 0.651. The summed E-state index contributed by atoms with van der Waals surface area (Å²) in [4.78, 5) is 0. The van der Waals surface area contributed by atoms with Crippen LogP contribution < -0.4 is 0 Å². The zero-order valence-electron chi connectivity index (χ0n) is 4.04. The number of hydrogen-bond acceptors (Lipinski definition) is 1. The summed E-state index contributed by atoms with van der Waals surface area (Å²) < 4.78 is 23.2. The van der Waals surface area contributed by atoms with E-state index in [2.05, 4.69) is 0 Å². The zero-order valence-corrected chi connectivity index (χ0v) is 20.0. The molecule has 8 heteroatoms. The van der Waals surface area contributed by atoms with E-state index in [-0.39, 0.29) is 94.0 Å². The van der Waals surface area contributed by atoms with Crippen LogP contribution >= 0.6 is 0 Å². The Bertz CT molecular complexity index is 40.3. The minimum atomic E-state index is -3.58. The van der Waals surface area contributed by atoms with Crippen molar-refractivity contribution in [3.05, 3.63) is 0 Å². The number of rotatable bonds is 0. The van der Waals surface area contributed by atoms with Crippen LogP contribution in [-0.2, 0) is 61.4 Å². The van der Waals surface area contributed by atoms with E-state index in [4.69, 9.17) is 10.7 Å². The molecule has 8 heavy (non-hydrogen) atoms. The molecule has 0 saturated carbocycles. The van der Waals surface area contributed by atoms with E-state index in [0.717, 1.165) is 0 Å². The third kappa shape index (κ3) is 55.5. The Morgan fingerprint density at radius 1 is 1.12 bits per heavy atom. The number of hydrogen-bond donors (Lipinski definition) is 2. The molecule has 3 nitrogen and oxygen atoms in total. The van der Waals surface area contributed by atoms with E-state index in [0.29, 0.717) is 0 Å². The fourth-order valence-electron chi connectivity index (χ4n) is 0. The van der Waals surface area contributed by atoms with Crippen LogP contribution in [-0.4, -0.2) is 62.0 Å². The van der Waals surface area contributed by atoms with Gasteiger partial charge in [-0.05, 0) is 0 Å². The predicted molar refractivity (Wildman–Crippen MR) is 22.2 cm³/mol. The van der Waals surface area contributed by atoms with Gasteiger partial charge in [0, 0.05) is 39.4 Å². The molecule has 0 bridgehead atoms. The summed E-state index contributed by atoms with van der Waals surface area (Å²) in [6, 6.07) is 0. The summed E-state index contributed by atoms with van der Waals surface area (Å²) in [5.41, 5.74) is 0. The van der Waals surface area contributed by atoms with Crippen molar-refractivity contribution < 1.29 is 68.8 Å². The van der Waals surface area contributed by atoms with Gasteiger partial charge in [-0.25, -0.2) is 0 Å². The first-order valence-corrected chi connectivity index (χ1v) is 2.69. The van der Waals surface area contributed by atoms with Gasteiger partial charge in [0.05, 0.1) is 0 Å². The van der Waals surface area contributed by atoms with Gasteiger partial charge in [0.2, 0.25) is 0 Å². The van der Waals surface area contributed by atoms with Crippen molar-refractivity contribution in [3.63, 3.8) is 0 Å². The molecule has 0 heterocycles. The molecule has 0 unspecified atom stereocenters. The second-order valence-electron chi connectivity index (χ2n) is 0.283.